The van der Waals surface area contributed by atoms with Gasteiger partial charge in [0.1, 0.15) is 0 Å². The molecule has 0 fully saturated rings. The molecule has 0 aromatic carbocycles. The van der Waals surface area contributed by atoms with Crippen LogP contribution in [0.3, 0.4) is 0 Å². The molecule has 0 bridgehead atoms. The van der Waals surface area contributed by atoms with Gasteiger partial charge in [-0.2, -0.15) is 0 Å². The van der Waals surface area contributed by atoms with E-state index in [-0.39, 0.29) is 22.8 Å². The average molecular weight is 290 g/mol. The minimum atomic E-state index is -0.127. The first kappa shape index (κ1) is 5.63. The Bertz CT molecular complexity index is 122. The molecule has 1 aliphatic rings. The van der Waals surface area contributed by atoms with Crippen LogP contribution >= 0.6 is 0 Å². The summed E-state index contributed by atoms with van der Waals surface area (Å²) in [7, 11) is 0. The SMILES string of the molecule is C[C]1=[Bi][CH](C)C=C1. The number of rotatable bonds is 0. The van der Waals surface area contributed by atoms with Gasteiger partial charge in [0.25, 0.3) is 0 Å². The molecular weight excluding hydrogens is 281 g/mol. The fourth-order valence-corrected chi connectivity index (χ4v) is 4.52. The molecule has 0 aliphatic carbocycles. The Hall–Kier alpha value is 0.493. The van der Waals surface area contributed by atoms with E-state index in [4.69, 9.17) is 0 Å². The molecule has 1 heteroatoms. The van der Waals surface area contributed by atoms with E-state index in [1.54, 1.807) is 3.21 Å². The van der Waals surface area contributed by atoms with Crippen molar-refractivity contribution in [2.75, 3.05) is 0 Å². The third kappa shape index (κ3) is 1.45. The second-order valence-corrected chi connectivity index (χ2v) is 8.78. The van der Waals surface area contributed by atoms with Crippen molar-refractivity contribution in [3.63, 3.8) is 0 Å². The van der Waals surface area contributed by atoms with Crippen molar-refractivity contribution < 1.29 is 0 Å². The van der Waals surface area contributed by atoms with Crippen molar-refractivity contribution in [3.05, 3.63) is 12.2 Å². The van der Waals surface area contributed by atoms with Gasteiger partial charge < -0.3 is 0 Å². The van der Waals surface area contributed by atoms with Gasteiger partial charge in [0.15, 0.2) is 0 Å². The zero-order valence-electron chi connectivity index (χ0n) is 4.68. The zero-order chi connectivity index (χ0) is 5.28. The van der Waals surface area contributed by atoms with Gasteiger partial charge >= 0.3 is 55.6 Å². The van der Waals surface area contributed by atoms with E-state index in [0.29, 0.717) is 0 Å². The summed E-state index contributed by atoms with van der Waals surface area (Å²) in [6.45, 7) is 4.58. The predicted octanol–water partition coefficient (Wildman–Crippen LogP) is 1.26. The predicted molar refractivity (Wildman–Crippen MR) is 35.0 cm³/mol. The van der Waals surface area contributed by atoms with Crippen molar-refractivity contribution in [1.82, 2.24) is 0 Å². The first-order chi connectivity index (χ1) is 3.29. The van der Waals surface area contributed by atoms with Crippen LogP contribution < -0.4 is 0 Å². The Labute approximate surface area is 55.7 Å². The second kappa shape index (κ2) is 2.17. The second-order valence-electron chi connectivity index (χ2n) is 1.87. The Morgan fingerprint density at radius 1 is 1.71 bits per heavy atom. The third-order valence-corrected chi connectivity index (χ3v) is 5.44. The molecule has 0 radical (unpaired) electrons. The molecule has 0 aromatic heterocycles. The maximum atomic E-state index is 2.34. The molecule has 0 aromatic rings. The summed E-state index contributed by atoms with van der Waals surface area (Å²) in [5.41, 5.74) is 0. The van der Waals surface area contributed by atoms with Crippen molar-refractivity contribution in [3.8, 4) is 0 Å². The first-order valence-electron chi connectivity index (χ1n) is 2.51. The Kier molecular flexibility index (Phi) is 1.75. The zero-order valence-corrected chi connectivity index (χ0v) is 8.16. The fraction of sp³-hybridized carbons (Fsp3) is 0.500. The molecule has 7 heavy (non-hydrogen) atoms. The Morgan fingerprint density at radius 3 is 2.57 bits per heavy atom. The molecule has 0 amide bonds. The van der Waals surface area contributed by atoms with Crippen LogP contribution in [0, 0.1) is 0 Å². The molecular formula is C6H9Bi. The van der Waals surface area contributed by atoms with Crippen LogP contribution in [0.5, 0.6) is 0 Å². The summed E-state index contributed by atoms with van der Waals surface area (Å²) in [5, 5.41) is 0. The van der Waals surface area contributed by atoms with E-state index in [2.05, 4.69) is 26.0 Å². The summed E-state index contributed by atoms with van der Waals surface area (Å²) >= 11 is -0.127. The molecule has 0 saturated heterocycles. The molecule has 1 atom stereocenters. The summed E-state index contributed by atoms with van der Waals surface area (Å²) in [4.78, 5) is 0. The number of hydrogen-bond acceptors (Lipinski definition) is 0. The molecule has 1 aliphatic heterocycles. The Morgan fingerprint density at radius 2 is 2.43 bits per heavy atom. The molecule has 38 valence electrons. The van der Waals surface area contributed by atoms with Crippen LogP contribution in [0.25, 0.3) is 0 Å². The summed E-state index contributed by atoms with van der Waals surface area (Å²) < 4.78 is 2.69. The fourth-order valence-electron chi connectivity index (χ4n) is 0.686. The maximum absolute atomic E-state index is 2.34. The first-order valence-corrected chi connectivity index (χ1v) is 6.26. The molecule has 0 spiro atoms. The van der Waals surface area contributed by atoms with Crippen LogP contribution in [0.2, 0.25) is 3.63 Å². The van der Waals surface area contributed by atoms with E-state index in [1.807, 2.05) is 0 Å². The summed E-state index contributed by atoms with van der Waals surface area (Å²) in [5.74, 6) is 0. The monoisotopic (exact) mass is 290 g/mol. The van der Waals surface area contributed by atoms with Crippen LogP contribution in [0.15, 0.2) is 12.2 Å². The molecule has 0 saturated carbocycles. The van der Waals surface area contributed by atoms with Crippen molar-refractivity contribution >= 4 is 26.0 Å². The van der Waals surface area contributed by atoms with Crippen molar-refractivity contribution in [1.29, 1.82) is 0 Å². The normalized spacial score (nSPS) is 28.3. The van der Waals surface area contributed by atoms with Gasteiger partial charge in [0.05, 0.1) is 0 Å². The van der Waals surface area contributed by atoms with Gasteiger partial charge in [-0.15, -0.1) is 0 Å². The summed E-state index contributed by atoms with van der Waals surface area (Å²) in [6, 6.07) is 0. The van der Waals surface area contributed by atoms with Crippen LogP contribution in [0.4, 0.5) is 0 Å². The minimum absolute atomic E-state index is 0.127. The molecule has 0 N–H and O–H groups in total. The summed E-state index contributed by atoms with van der Waals surface area (Å²) in [6.07, 6.45) is 4.63. The van der Waals surface area contributed by atoms with E-state index in [0.717, 1.165) is 3.63 Å². The molecule has 1 rings (SSSR count). The van der Waals surface area contributed by atoms with Crippen molar-refractivity contribution in [2.24, 2.45) is 0 Å². The van der Waals surface area contributed by atoms with Gasteiger partial charge in [-0.1, -0.05) is 0 Å². The number of hydrogen-bond donors (Lipinski definition) is 0. The Balaban J connectivity index is 2.69. The van der Waals surface area contributed by atoms with Gasteiger partial charge in [-0.05, 0) is 0 Å². The van der Waals surface area contributed by atoms with E-state index >= 15 is 0 Å². The van der Waals surface area contributed by atoms with E-state index in [1.165, 1.54) is 0 Å². The van der Waals surface area contributed by atoms with E-state index < -0.39 is 0 Å². The molecule has 1 unspecified atom stereocenters. The van der Waals surface area contributed by atoms with Gasteiger partial charge in [0.2, 0.25) is 0 Å². The average Bonchev–Trinajstić information content (AvgIpc) is 1.87. The van der Waals surface area contributed by atoms with Gasteiger partial charge in [-0.25, -0.2) is 0 Å². The van der Waals surface area contributed by atoms with Gasteiger partial charge in [0, 0.05) is 0 Å². The number of allylic oxidation sites excluding steroid dienone is 2. The van der Waals surface area contributed by atoms with Gasteiger partial charge in [-0.3, -0.25) is 0 Å². The quantitative estimate of drug-likeness (QED) is 0.589. The topological polar surface area (TPSA) is 0 Å². The van der Waals surface area contributed by atoms with Crippen LogP contribution in [0.1, 0.15) is 13.8 Å². The third-order valence-electron chi connectivity index (χ3n) is 1.02. The van der Waals surface area contributed by atoms with E-state index in [9.17, 15) is 0 Å². The standard InChI is InChI=1S/C6H9.Bi/c1-3-5-6-4-2;/h3,5-6H,1-2H3;. The van der Waals surface area contributed by atoms with Crippen LogP contribution in [-0.2, 0) is 0 Å². The molecule has 0 nitrogen and oxygen atoms in total. The van der Waals surface area contributed by atoms with Crippen molar-refractivity contribution in [2.45, 2.75) is 17.5 Å². The molecule has 1 heterocycles. The van der Waals surface area contributed by atoms with Crippen LogP contribution in [-0.4, -0.2) is 26.0 Å².